The predicted molar refractivity (Wildman–Crippen MR) is 113 cm³/mol. The predicted octanol–water partition coefficient (Wildman–Crippen LogP) is 3.51. The number of nitrogens with zero attached hydrogens (tertiary/aromatic N) is 2. The van der Waals surface area contributed by atoms with Gasteiger partial charge in [0.1, 0.15) is 17.9 Å². The number of anilines is 1. The van der Waals surface area contributed by atoms with Gasteiger partial charge in [-0.25, -0.2) is 14.6 Å². The van der Waals surface area contributed by atoms with Gasteiger partial charge in [-0.05, 0) is 49.2 Å². The molecule has 2 aromatic carbocycles. The van der Waals surface area contributed by atoms with Crippen molar-refractivity contribution in [3.8, 4) is 11.5 Å². The molecule has 31 heavy (non-hydrogen) atoms. The summed E-state index contributed by atoms with van der Waals surface area (Å²) in [6.45, 7) is 3.92. The number of aryl methyl sites for hydroxylation is 2. The van der Waals surface area contributed by atoms with Crippen molar-refractivity contribution in [1.82, 2.24) is 4.98 Å². The van der Waals surface area contributed by atoms with Crippen molar-refractivity contribution < 1.29 is 28.2 Å². The molecule has 3 aromatic rings. The first kappa shape index (κ1) is 20.6. The normalized spacial score (nSPS) is 14.1. The number of hydrogen-bond donors (Lipinski definition) is 0. The Morgan fingerprint density at radius 3 is 2.55 bits per heavy atom. The molecule has 1 aliphatic heterocycles. The van der Waals surface area contributed by atoms with Gasteiger partial charge in [-0.15, -0.1) is 0 Å². The van der Waals surface area contributed by atoms with Gasteiger partial charge in [0, 0.05) is 11.3 Å². The van der Waals surface area contributed by atoms with Crippen LogP contribution < -0.4 is 4.90 Å². The molecule has 2 heterocycles. The second kappa shape index (κ2) is 8.23. The minimum atomic E-state index is -0.647. The van der Waals surface area contributed by atoms with Crippen LogP contribution in [0.3, 0.4) is 0 Å². The summed E-state index contributed by atoms with van der Waals surface area (Å²) in [6, 6.07) is 11.4. The minimum Gasteiger partial charge on any atom is -0.466 e. The molecule has 0 atom stereocenters. The Kier molecular flexibility index (Phi) is 5.48. The third-order valence-electron chi connectivity index (χ3n) is 5.12. The Hall–Kier alpha value is -3.65. The van der Waals surface area contributed by atoms with Crippen LogP contribution in [0.15, 0.2) is 52.1 Å². The molecule has 0 saturated carbocycles. The molecule has 8 nitrogen and oxygen atoms in total. The molecular formula is C23H22N2O6. The van der Waals surface area contributed by atoms with E-state index in [1.165, 1.54) is 14.2 Å². The number of ether oxygens (including phenoxy) is 3. The van der Waals surface area contributed by atoms with Gasteiger partial charge in [-0.2, -0.15) is 0 Å². The maximum atomic E-state index is 12.6. The number of hydrogen-bond acceptors (Lipinski definition) is 8. The summed E-state index contributed by atoms with van der Waals surface area (Å²) < 4.78 is 21.3. The number of carbonyl (C=O) groups excluding carboxylic acids is 2. The third kappa shape index (κ3) is 3.77. The standard InChI is InChI=1S/C23H22N2O6/c1-13-5-8-19-17(9-13)24-21(31-19)15-7-6-14(2)18(10-15)25-12-30-11-16(22(26)28-3)20(25)23(27)29-4/h5-10H,11-12H2,1-4H3. The van der Waals surface area contributed by atoms with Crippen LogP contribution in [0.25, 0.3) is 22.6 Å². The lowest BCUT2D eigenvalue weighted by molar-refractivity contribution is -0.140. The molecule has 0 saturated heterocycles. The second-order valence-electron chi connectivity index (χ2n) is 7.21. The average molecular weight is 422 g/mol. The number of oxazole rings is 1. The summed E-state index contributed by atoms with van der Waals surface area (Å²) in [5.41, 5.74) is 4.99. The second-order valence-corrected chi connectivity index (χ2v) is 7.21. The number of esters is 2. The van der Waals surface area contributed by atoms with Crippen LogP contribution in [0.2, 0.25) is 0 Å². The monoisotopic (exact) mass is 422 g/mol. The summed E-state index contributed by atoms with van der Waals surface area (Å²) in [4.78, 5) is 31.0. The van der Waals surface area contributed by atoms with E-state index in [9.17, 15) is 9.59 Å². The zero-order valence-electron chi connectivity index (χ0n) is 17.7. The highest BCUT2D eigenvalue weighted by Gasteiger charge is 2.33. The van der Waals surface area contributed by atoms with Gasteiger partial charge in [-0.1, -0.05) is 12.1 Å². The van der Waals surface area contributed by atoms with Crippen molar-refractivity contribution >= 4 is 28.7 Å². The van der Waals surface area contributed by atoms with E-state index in [0.29, 0.717) is 17.2 Å². The lowest BCUT2D eigenvalue weighted by Gasteiger charge is -2.32. The molecule has 1 aliphatic rings. The Balaban J connectivity index is 1.83. The highest BCUT2D eigenvalue weighted by Crippen LogP contribution is 2.34. The van der Waals surface area contributed by atoms with E-state index < -0.39 is 11.9 Å². The first-order chi connectivity index (χ1) is 14.9. The summed E-state index contributed by atoms with van der Waals surface area (Å²) >= 11 is 0. The van der Waals surface area contributed by atoms with E-state index >= 15 is 0 Å². The van der Waals surface area contributed by atoms with Crippen molar-refractivity contribution in [1.29, 1.82) is 0 Å². The lowest BCUT2D eigenvalue weighted by atomic mass is 10.1. The molecule has 0 aliphatic carbocycles. The maximum absolute atomic E-state index is 12.6. The van der Waals surface area contributed by atoms with Gasteiger partial charge in [-0.3, -0.25) is 0 Å². The fraction of sp³-hybridized carbons (Fsp3) is 0.261. The molecule has 0 amide bonds. The summed E-state index contributed by atoms with van der Waals surface area (Å²) in [5, 5.41) is 0. The van der Waals surface area contributed by atoms with E-state index in [-0.39, 0.29) is 24.6 Å². The summed E-state index contributed by atoms with van der Waals surface area (Å²) in [5.74, 6) is -0.837. The van der Waals surface area contributed by atoms with Gasteiger partial charge in [0.2, 0.25) is 5.89 Å². The van der Waals surface area contributed by atoms with Gasteiger partial charge in [0.05, 0.1) is 26.4 Å². The number of methoxy groups -OCH3 is 2. The van der Waals surface area contributed by atoms with Crippen LogP contribution >= 0.6 is 0 Å². The summed E-state index contributed by atoms with van der Waals surface area (Å²) in [7, 11) is 2.52. The van der Waals surface area contributed by atoms with Crippen molar-refractivity contribution in [2.45, 2.75) is 13.8 Å². The van der Waals surface area contributed by atoms with E-state index in [0.717, 1.165) is 22.2 Å². The fourth-order valence-corrected chi connectivity index (χ4v) is 3.53. The molecule has 4 rings (SSSR count). The van der Waals surface area contributed by atoms with E-state index in [1.807, 2.05) is 50.2 Å². The van der Waals surface area contributed by atoms with E-state index in [2.05, 4.69) is 4.98 Å². The van der Waals surface area contributed by atoms with Gasteiger partial charge < -0.3 is 23.5 Å². The molecule has 8 heteroatoms. The molecule has 0 N–H and O–H groups in total. The quantitative estimate of drug-likeness (QED) is 0.590. The highest BCUT2D eigenvalue weighted by atomic mass is 16.5. The van der Waals surface area contributed by atoms with Crippen molar-refractivity contribution in [2.75, 3.05) is 32.5 Å². The van der Waals surface area contributed by atoms with Crippen molar-refractivity contribution in [3.63, 3.8) is 0 Å². The SMILES string of the molecule is COC(=O)C1=C(C(=O)OC)N(c2cc(-c3nc4cc(C)ccc4o3)ccc2C)COC1. The Morgan fingerprint density at radius 2 is 1.81 bits per heavy atom. The zero-order valence-corrected chi connectivity index (χ0v) is 17.7. The zero-order chi connectivity index (χ0) is 22.1. The Bertz CT molecular complexity index is 1210. The van der Waals surface area contributed by atoms with Crippen LogP contribution in [0, 0.1) is 13.8 Å². The van der Waals surface area contributed by atoms with Gasteiger partial charge >= 0.3 is 11.9 Å². The van der Waals surface area contributed by atoms with Crippen molar-refractivity contribution in [2.24, 2.45) is 0 Å². The Morgan fingerprint density at radius 1 is 1.03 bits per heavy atom. The smallest absolute Gasteiger partial charge is 0.355 e. The molecule has 0 bridgehead atoms. The Labute approximate surface area is 179 Å². The topological polar surface area (TPSA) is 91.1 Å². The van der Waals surface area contributed by atoms with Gasteiger partial charge in [0.15, 0.2) is 5.58 Å². The summed E-state index contributed by atoms with van der Waals surface area (Å²) in [6.07, 6.45) is 0. The number of benzene rings is 2. The number of rotatable bonds is 4. The van der Waals surface area contributed by atoms with E-state index in [1.54, 1.807) is 4.90 Å². The van der Waals surface area contributed by atoms with Crippen LogP contribution in [-0.2, 0) is 23.8 Å². The van der Waals surface area contributed by atoms with E-state index in [4.69, 9.17) is 18.6 Å². The maximum Gasteiger partial charge on any atom is 0.355 e. The first-order valence-corrected chi connectivity index (χ1v) is 9.66. The molecule has 0 radical (unpaired) electrons. The average Bonchev–Trinajstić information content (AvgIpc) is 3.21. The van der Waals surface area contributed by atoms with Crippen LogP contribution in [0.5, 0.6) is 0 Å². The van der Waals surface area contributed by atoms with Crippen LogP contribution in [-0.4, -0.2) is 44.5 Å². The third-order valence-corrected chi connectivity index (χ3v) is 5.12. The number of aromatic nitrogens is 1. The minimum absolute atomic E-state index is 0.0448. The molecule has 0 fully saturated rings. The highest BCUT2D eigenvalue weighted by molar-refractivity contribution is 6.03. The number of fused-ring (bicyclic) bond motifs is 1. The van der Waals surface area contributed by atoms with Gasteiger partial charge in [0.25, 0.3) is 0 Å². The molecule has 160 valence electrons. The van der Waals surface area contributed by atoms with Crippen LogP contribution in [0.1, 0.15) is 11.1 Å². The largest absolute Gasteiger partial charge is 0.466 e. The van der Waals surface area contributed by atoms with Crippen molar-refractivity contribution in [3.05, 3.63) is 58.8 Å². The molecule has 0 spiro atoms. The number of carbonyl (C=O) groups is 2. The molecular weight excluding hydrogens is 400 g/mol. The molecule has 0 unspecified atom stereocenters. The fourth-order valence-electron chi connectivity index (χ4n) is 3.53. The lowest BCUT2D eigenvalue weighted by Crippen LogP contribution is -2.39. The first-order valence-electron chi connectivity index (χ1n) is 9.66. The van der Waals surface area contributed by atoms with Crippen LogP contribution in [0.4, 0.5) is 5.69 Å². The molecule has 1 aromatic heterocycles.